The summed E-state index contributed by atoms with van der Waals surface area (Å²) in [7, 11) is 0. The highest BCUT2D eigenvalue weighted by atomic mass is 35.5. The minimum Gasteiger partial charge on any atom is -0.357 e. The van der Waals surface area contributed by atoms with Crippen molar-refractivity contribution in [2.75, 3.05) is 13.2 Å². The molecule has 4 rings (SSSR count). The van der Waals surface area contributed by atoms with E-state index in [1.807, 2.05) is 30.5 Å². The predicted molar refractivity (Wildman–Crippen MR) is 101 cm³/mol. The van der Waals surface area contributed by atoms with E-state index in [0.29, 0.717) is 0 Å². The minimum absolute atomic E-state index is 0.00995. The van der Waals surface area contributed by atoms with Gasteiger partial charge in [-0.15, -0.1) is 0 Å². The van der Waals surface area contributed by atoms with Gasteiger partial charge >= 0.3 is 0 Å². The summed E-state index contributed by atoms with van der Waals surface area (Å²) in [4.78, 5) is 2.38. The SMILES string of the molecule is Cc1cccc(CN2CCOC2c2ccn(-c3ccccc3Cl)c2)c1. The van der Waals surface area contributed by atoms with Crippen molar-refractivity contribution in [3.63, 3.8) is 0 Å². The molecule has 3 nitrogen and oxygen atoms in total. The van der Waals surface area contributed by atoms with Gasteiger partial charge in [0.05, 0.1) is 17.3 Å². The van der Waals surface area contributed by atoms with Gasteiger partial charge in [-0.25, -0.2) is 0 Å². The van der Waals surface area contributed by atoms with Crippen molar-refractivity contribution >= 4 is 11.6 Å². The molecule has 128 valence electrons. The Morgan fingerprint density at radius 2 is 2.00 bits per heavy atom. The Hall–Kier alpha value is -2.07. The maximum atomic E-state index is 6.32. The van der Waals surface area contributed by atoms with E-state index >= 15 is 0 Å². The van der Waals surface area contributed by atoms with Crippen molar-refractivity contribution < 1.29 is 4.74 Å². The van der Waals surface area contributed by atoms with Gasteiger partial charge in [-0.3, -0.25) is 4.90 Å². The summed E-state index contributed by atoms with van der Waals surface area (Å²) < 4.78 is 8.07. The van der Waals surface area contributed by atoms with Gasteiger partial charge in [0, 0.05) is 31.0 Å². The van der Waals surface area contributed by atoms with Crippen LogP contribution in [0.2, 0.25) is 5.02 Å². The lowest BCUT2D eigenvalue weighted by molar-refractivity contribution is 0.0288. The molecule has 4 heteroatoms. The molecule has 1 atom stereocenters. The Morgan fingerprint density at radius 3 is 2.84 bits per heavy atom. The van der Waals surface area contributed by atoms with Gasteiger partial charge in [0.25, 0.3) is 0 Å². The van der Waals surface area contributed by atoms with Crippen LogP contribution in [0.25, 0.3) is 5.69 Å². The van der Waals surface area contributed by atoms with Gasteiger partial charge in [0.1, 0.15) is 6.23 Å². The fourth-order valence-corrected chi connectivity index (χ4v) is 3.62. The zero-order chi connectivity index (χ0) is 17.2. The Morgan fingerprint density at radius 1 is 1.12 bits per heavy atom. The molecule has 1 aromatic heterocycles. The third-order valence-corrected chi connectivity index (χ3v) is 4.91. The van der Waals surface area contributed by atoms with E-state index < -0.39 is 0 Å². The zero-order valence-electron chi connectivity index (χ0n) is 14.2. The van der Waals surface area contributed by atoms with Crippen LogP contribution in [0.4, 0.5) is 0 Å². The van der Waals surface area contributed by atoms with Gasteiger partial charge in [0.2, 0.25) is 0 Å². The molecule has 2 heterocycles. The van der Waals surface area contributed by atoms with Crippen LogP contribution in [0.1, 0.15) is 22.9 Å². The number of hydrogen-bond acceptors (Lipinski definition) is 2. The number of aryl methyl sites for hydroxylation is 1. The third kappa shape index (κ3) is 3.49. The third-order valence-electron chi connectivity index (χ3n) is 4.59. The Labute approximate surface area is 153 Å². The van der Waals surface area contributed by atoms with Crippen molar-refractivity contribution in [2.45, 2.75) is 19.7 Å². The van der Waals surface area contributed by atoms with Crippen LogP contribution < -0.4 is 0 Å². The fraction of sp³-hybridized carbons (Fsp3) is 0.238. The maximum Gasteiger partial charge on any atom is 0.138 e. The first-order valence-electron chi connectivity index (χ1n) is 8.55. The van der Waals surface area contributed by atoms with Crippen LogP contribution in [-0.4, -0.2) is 22.6 Å². The van der Waals surface area contributed by atoms with Crippen LogP contribution in [-0.2, 0) is 11.3 Å². The van der Waals surface area contributed by atoms with Crippen molar-refractivity contribution in [3.05, 3.63) is 88.7 Å². The molecular formula is C21H21ClN2O. The quantitative estimate of drug-likeness (QED) is 0.659. The number of nitrogens with zero attached hydrogens (tertiary/aromatic N) is 2. The van der Waals surface area contributed by atoms with Crippen molar-refractivity contribution in [3.8, 4) is 5.69 Å². The molecule has 1 unspecified atom stereocenters. The summed E-state index contributed by atoms with van der Waals surface area (Å²) in [6.45, 7) is 4.72. The molecule has 0 saturated carbocycles. The van der Waals surface area contributed by atoms with Gasteiger partial charge in [-0.2, -0.15) is 0 Å². The lowest BCUT2D eigenvalue weighted by atomic mass is 10.1. The largest absolute Gasteiger partial charge is 0.357 e. The summed E-state index contributed by atoms with van der Waals surface area (Å²) in [6.07, 6.45) is 4.15. The highest BCUT2D eigenvalue weighted by Gasteiger charge is 2.27. The topological polar surface area (TPSA) is 17.4 Å². The van der Waals surface area contributed by atoms with E-state index in [-0.39, 0.29) is 6.23 Å². The van der Waals surface area contributed by atoms with Gasteiger partial charge in [0.15, 0.2) is 0 Å². The first-order chi connectivity index (χ1) is 12.2. The Kier molecular flexibility index (Phi) is 4.62. The number of ether oxygens (including phenoxy) is 1. The fourth-order valence-electron chi connectivity index (χ4n) is 3.39. The molecule has 1 fully saturated rings. The monoisotopic (exact) mass is 352 g/mol. The molecule has 0 amide bonds. The van der Waals surface area contributed by atoms with Crippen molar-refractivity contribution in [2.24, 2.45) is 0 Å². The highest BCUT2D eigenvalue weighted by Crippen LogP contribution is 2.30. The van der Waals surface area contributed by atoms with Crippen LogP contribution in [0.5, 0.6) is 0 Å². The van der Waals surface area contributed by atoms with E-state index in [1.165, 1.54) is 11.1 Å². The number of halogens is 1. The second-order valence-corrected chi connectivity index (χ2v) is 6.89. The van der Waals surface area contributed by atoms with Crippen LogP contribution in [0.3, 0.4) is 0 Å². The first kappa shape index (κ1) is 16.4. The predicted octanol–water partition coefficient (Wildman–Crippen LogP) is 4.97. The van der Waals surface area contributed by atoms with Crippen molar-refractivity contribution in [1.29, 1.82) is 0 Å². The van der Waals surface area contributed by atoms with Crippen LogP contribution >= 0.6 is 11.6 Å². The number of hydrogen-bond donors (Lipinski definition) is 0. The summed E-state index contributed by atoms with van der Waals surface area (Å²) in [5.74, 6) is 0. The molecule has 25 heavy (non-hydrogen) atoms. The minimum atomic E-state index is -0.00995. The molecule has 0 radical (unpaired) electrons. The molecule has 1 aliphatic heterocycles. The number of aromatic nitrogens is 1. The van der Waals surface area contributed by atoms with E-state index in [4.69, 9.17) is 16.3 Å². The van der Waals surface area contributed by atoms with Crippen LogP contribution in [0, 0.1) is 6.92 Å². The van der Waals surface area contributed by atoms with E-state index in [9.17, 15) is 0 Å². The summed E-state index contributed by atoms with van der Waals surface area (Å²) in [6, 6.07) is 18.6. The first-order valence-corrected chi connectivity index (χ1v) is 8.92. The molecular weight excluding hydrogens is 332 g/mol. The number of para-hydroxylation sites is 1. The van der Waals surface area contributed by atoms with E-state index in [2.05, 4.69) is 52.9 Å². The highest BCUT2D eigenvalue weighted by molar-refractivity contribution is 6.32. The molecule has 1 saturated heterocycles. The standard InChI is InChI=1S/C21H21ClN2O/c1-16-5-4-6-17(13-16)14-24-11-12-25-21(24)18-9-10-23(15-18)20-8-3-2-7-19(20)22/h2-10,13,15,21H,11-12,14H2,1H3. The Balaban J connectivity index is 1.56. The maximum absolute atomic E-state index is 6.32. The van der Waals surface area contributed by atoms with Gasteiger partial charge in [-0.1, -0.05) is 53.6 Å². The summed E-state index contributed by atoms with van der Waals surface area (Å²) >= 11 is 6.32. The summed E-state index contributed by atoms with van der Waals surface area (Å²) in [5, 5.41) is 0.744. The zero-order valence-corrected chi connectivity index (χ0v) is 15.0. The average molecular weight is 353 g/mol. The van der Waals surface area contributed by atoms with E-state index in [1.54, 1.807) is 0 Å². The second kappa shape index (κ2) is 7.04. The lowest BCUT2D eigenvalue weighted by Crippen LogP contribution is -2.23. The van der Waals surface area contributed by atoms with Gasteiger partial charge in [-0.05, 0) is 30.7 Å². The normalized spacial score (nSPS) is 17.9. The molecule has 0 spiro atoms. The molecule has 1 aliphatic rings. The average Bonchev–Trinajstić information content (AvgIpc) is 3.24. The second-order valence-electron chi connectivity index (χ2n) is 6.49. The van der Waals surface area contributed by atoms with E-state index in [0.717, 1.165) is 36.0 Å². The molecule has 0 N–H and O–H groups in total. The van der Waals surface area contributed by atoms with Crippen LogP contribution in [0.15, 0.2) is 67.0 Å². The Bertz CT molecular complexity index is 874. The molecule has 3 aromatic rings. The smallest absolute Gasteiger partial charge is 0.138 e. The number of benzene rings is 2. The number of rotatable bonds is 4. The molecule has 0 bridgehead atoms. The lowest BCUT2D eigenvalue weighted by Gasteiger charge is -2.22. The molecule has 2 aromatic carbocycles. The van der Waals surface area contributed by atoms with Crippen molar-refractivity contribution in [1.82, 2.24) is 9.47 Å². The molecule has 0 aliphatic carbocycles. The summed E-state index contributed by atoms with van der Waals surface area (Å²) in [5.41, 5.74) is 4.75. The van der Waals surface area contributed by atoms with Gasteiger partial charge < -0.3 is 9.30 Å².